The third-order valence-corrected chi connectivity index (χ3v) is 4.91. The Morgan fingerprint density at radius 2 is 1.76 bits per heavy atom. The van der Waals surface area contributed by atoms with Gasteiger partial charge in [-0.2, -0.15) is 0 Å². The number of alkyl halides is 3. The van der Waals surface area contributed by atoms with Crippen LogP contribution in [0.15, 0.2) is 48.5 Å². The number of hydrogen-bond donors (Lipinski definition) is 1. The maximum Gasteiger partial charge on any atom is 0.573 e. The summed E-state index contributed by atoms with van der Waals surface area (Å²) in [5.74, 6) is -0.687. The van der Waals surface area contributed by atoms with Crippen molar-refractivity contribution in [3.05, 3.63) is 59.7 Å². The Morgan fingerprint density at radius 1 is 1.10 bits per heavy atom. The van der Waals surface area contributed by atoms with Crippen molar-refractivity contribution in [3.8, 4) is 5.75 Å². The van der Waals surface area contributed by atoms with E-state index in [4.69, 9.17) is 0 Å². The minimum absolute atomic E-state index is 0.0293. The number of para-hydroxylation sites is 1. The molecule has 154 valence electrons. The number of carbonyl (C=O) groups excluding carboxylic acids is 2. The van der Waals surface area contributed by atoms with Crippen LogP contribution in [0.1, 0.15) is 28.8 Å². The van der Waals surface area contributed by atoms with Crippen molar-refractivity contribution in [2.24, 2.45) is 5.92 Å². The Kier molecular flexibility index (Phi) is 6.41. The topological polar surface area (TPSA) is 58.6 Å². The molecule has 3 rings (SSSR count). The fourth-order valence-electron chi connectivity index (χ4n) is 3.36. The Morgan fingerprint density at radius 3 is 2.38 bits per heavy atom. The van der Waals surface area contributed by atoms with Gasteiger partial charge in [0.15, 0.2) is 0 Å². The van der Waals surface area contributed by atoms with Crippen molar-refractivity contribution >= 4 is 17.9 Å². The molecule has 1 aliphatic rings. The lowest BCUT2D eigenvalue weighted by atomic mass is 9.95. The first-order valence-corrected chi connectivity index (χ1v) is 9.27. The van der Waals surface area contributed by atoms with Crippen LogP contribution in [0.2, 0.25) is 0 Å². The van der Waals surface area contributed by atoms with Gasteiger partial charge in [0.05, 0.1) is 0 Å². The number of nitrogens with zero attached hydrogens (tertiary/aromatic N) is 1. The molecule has 2 aromatic rings. The van der Waals surface area contributed by atoms with Crippen LogP contribution in [0.25, 0.3) is 0 Å². The van der Waals surface area contributed by atoms with Crippen LogP contribution in [0.3, 0.4) is 0 Å². The number of nitrogens with one attached hydrogen (secondary N) is 1. The standard InChI is InChI=1S/C21H21F3N2O3/c22-21(23,24)29-19-4-2-1-3-17(19)13-25-20(28)16-9-11-26(12-10-16)18-7-5-15(14-27)6-8-18/h1-8,14,16H,9-13H2,(H,25,28). The van der Waals surface area contributed by atoms with Gasteiger partial charge in [-0.25, -0.2) is 0 Å². The average molecular weight is 406 g/mol. The molecule has 0 aromatic heterocycles. The molecule has 1 heterocycles. The molecule has 1 aliphatic heterocycles. The number of aldehydes is 1. The molecule has 0 aliphatic carbocycles. The van der Waals surface area contributed by atoms with Crippen LogP contribution < -0.4 is 15.0 Å². The molecule has 1 amide bonds. The van der Waals surface area contributed by atoms with Gasteiger partial charge in [-0.1, -0.05) is 18.2 Å². The molecule has 0 bridgehead atoms. The van der Waals surface area contributed by atoms with Crippen LogP contribution in [0, 0.1) is 5.92 Å². The maximum atomic E-state index is 12.5. The van der Waals surface area contributed by atoms with E-state index < -0.39 is 6.36 Å². The van der Waals surface area contributed by atoms with E-state index in [1.54, 1.807) is 18.2 Å². The number of carbonyl (C=O) groups is 2. The maximum absolute atomic E-state index is 12.5. The third-order valence-electron chi connectivity index (χ3n) is 4.91. The minimum atomic E-state index is -4.78. The quantitative estimate of drug-likeness (QED) is 0.739. The molecule has 1 N–H and O–H groups in total. The van der Waals surface area contributed by atoms with Gasteiger partial charge in [-0.05, 0) is 43.2 Å². The van der Waals surface area contributed by atoms with Crippen LogP contribution in [0.5, 0.6) is 5.75 Å². The summed E-state index contributed by atoms with van der Waals surface area (Å²) in [5, 5.41) is 2.72. The second kappa shape index (κ2) is 8.98. The van der Waals surface area contributed by atoms with Gasteiger partial charge in [0.2, 0.25) is 5.91 Å². The first kappa shape index (κ1) is 20.7. The van der Waals surface area contributed by atoms with E-state index in [0.717, 1.165) is 12.0 Å². The molecule has 29 heavy (non-hydrogen) atoms. The number of halogens is 3. The highest BCUT2D eigenvalue weighted by Crippen LogP contribution is 2.27. The lowest BCUT2D eigenvalue weighted by molar-refractivity contribution is -0.274. The zero-order valence-corrected chi connectivity index (χ0v) is 15.6. The number of ether oxygens (including phenoxy) is 1. The highest BCUT2D eigenvalue weighted by molar-refractivity contribution is 5.79. The smallest absolute Gasteiger partial charge is 0.405 e. The van der Waals surface area contributed by atoms with Gasteiger partial charge in [0.1, 0.15) is 12.0 Å². The van der Waals surface area contributed by atoms with Crippen LogP contribution >= 0.6 is 0 Å². The van der Waals surface area contributed by atoms with Gasteiger partial charge in [-0.3, -0.25) is 9.59 Å². The number of amides is 1. The van der Waals surface area contributed by atoms with Crippen molar-refractivity contribution in [1.82, 2.24) is 5.32 Å². The predicted octanol–water partition coefficient (Wildman–Crippen LogP) is 3.93. The van der Waals surface area contributed by atoms with Gasteiger partial charge in [0.25, 0.3) is 0 Å². The Hall–Kier alpha value is -3.03. The number of anilines is 1. The Bertz CT molecular complexity index is 845. The van der Waals surface area contributed by atoms with Crippen LogP contribution in [-0.4, -0.2) is 31.6 Å². The summed E-state index contributed by atoms with van der Waals surface area (Å²) in [6.07, 6.45) is -2.71. The second-order valence-electron chi connectivity index (χ2n) is 6.84. The van der Waals surface area contributed by atoms with Gasteiger partial charge in [0, 0.05) is 42.4 Å². The highest BCUT2D eigenvalue weighted by Gasteiger charge is 2.32. The summed E-state index contributed by atoms with van der Waals surface area (Å²) in [6.45, 7) is 1.34. The van der Waals surface area contributed by atoms with Crippen LogP contribution in [-0.2, 0) is 11.3 Å². The second-order valence-corrected chi connectivity index (χ2v) is 6.84. The molecule has 1 fully saturated rings. The van der Waals surface area contributed by atoms with E-state index in [1.807, 2.05) is 12.1 Å². The molecule has 0 atom stereocenters. The fraction of sp³-hybridized carbons (Fsp3) is 0.333. The third kappa shape index (κ3) is 5.73. The van der Waals surface area contributed by atoms with E-state index in [-0.39, 0.29) is 29.7 Å². The van der Waals surface area contributed by atoms with Crippen molar-refractivity contribution in [3.63, 3.8) is 0 Å². The van der Waals surface area contributed by atoms with E-state index in [0.29, 0.717) is 31.5 Å². The first-order valence-electron chi connectivity index (χ1n) is 9.27. The zero-order valence-electron chi connectivity index (χ0n) is 15.6. The van der Waals surface area contributed by atoms with Crippen LogP contribution in [0.4, 0.5) is 18.9 Å². The predicted molar refractivity (Wildman–Crippen MR) is 102 cm³/mol. The molecular weight excluding hydrogens is 385 g/mol. The summed E-state index contributed by atoms with van der Waals surface area (Å²) in [4.78, 5) is 25.4. The molecule has 0 radical (unpaired) electrons. The largest absolute Gasteiger partial charge is 0.573 e. The van der Waals surface area contributed by atoms with Gasteiger partial charge >= 0.3 is 6.36 Å². The summed E-state index contributed by atoms with van der Waals surface area (Å²) in [7, 11) is 0. The average Bonchev–Trinajstić information content (AvgIpc) is 2.72. The SMILES string of the molecule is O=Cc1ccc(N2CCC(C(=O)NCc3ccccc3OC(F)(F)F)CC2)cc1. The molecule has 0 saturated carbocycles. The molecule has 8 heteroatoms. The Balaban J connectivity index is 1.52. The summed E-state index contributed by atoms with van der Waals surface area (Å²) >= 11 is 0. The van der Waals surface area contributed by atoms with E-state index in [9.17, 15) is 22.8 Å². The normalized spacial score (nSPS) is 15.1. The Labute approximate surface area is 166 Å². The van der Waals surface area contributed by atoms with E-state index in [1.165, 1.54) is 18.2 Å². The molecule has 1 saturated heterocycles. The lowest BCUT2D eigenvalue weighted by Crippen LogP contribution is -2.40. The summed E-state index contributed by atoms with van der Waals surface area (Å²) in [5.41, 5.74) is 1.87. The van der Waals surface area contributed by atoms with E-state index in [2.05, 4.69) is 15.0 Å². The summed E-state index contributed by atoms with van der Waals surface area (Å²) < 4.78 is 41.5. The number of rotatable bonds is 6. The molecular formula is C21H21F3N2O3. The van der Waals surface area contributed by atoms with Crippen molar-refractivity contribution in [2.45, 2.75) is 25.7 Å². The van der Waals surface area contributed by atoms with Gasteiger partial charge in [-0.15, -0.1) is 13.2 Å². The molecule has 0 unspecified atom stereocenters. The van der Waals surface area contributed by atoms with Crippen molar-refractivity contribution in [2.75, 3.05) is 18.0 Å². The number of hydrogen-bond acceptors (Lipinski definition) is 4. The molecule has 2 aromatic carbocycles. The number of piperidine rings is 1. The van der Waals surface area contributed by atoms with E-state index >= 15 is 0 Å². The molecule has 5 nitrogen and oxygen atoms in total. The lowest BCUT2D eigenvalue weighted by Gasteiger charge is -2.33. The van der Waals surface area contributed by atoms with Crippen molar-refractivity contribution in [1.29, 1.82) is 0 Å². The fourth-order valence-corrected chi connectivity index (χ4v) is 3.36. The number of benzene rings is 2. The first-order chi connectivity index (χ1) is 13.9. The zero-order chi connectivity index (χ0) is 20.9. The highest BCUT2D eigenvalue weighted by atomic mass is 19.4. The summed E-state index contributed by atoms with van der Waals surface area (Å²) in [6, 6.07) is 13.0. The monoisotopic (exact) mass is 406 g/mol. The minimum Gasteiger partial charge on any atom is -0.405 e. The van der Waals surface area contributed by atoms with Gasteiger partial charge < -0.3 is 15.0 Å². The molecule has 0 spiro atoms. The van der Waals surface area contributed by atoms with Crippen molar-refractivity contribution < 1.29 is 27.5 Å².